The number of aromatic nitrogens is 1. The molecule has 0 saturated heterocycles. The second-order valence-electron chi connectivity index (χ2n) is 5.77. The average molecular weight is 392 g/mol. The Labute approximate surface area is 148 Å². The first-order valence-electron chi connectivity index (χ1n) is 8.26. The Morgan fingerprint density at radius 1 is 0.960 bits per heavy atom. The Bertz CT molecular complexity index is 803. The lowest BCUT2D eigenvalue weighted by Crippen LogP contribution is -2.18. The monoisotopic (exact) mass is 392 g/mol. The van der Waals surface area contributed by atoms with Gasteiger partial charge in [0.15, 0.2) is 29.6 Å². The zero-order chi connectivity index (χ0) is 19.1. The van der Waals surface area contributed by atoms with E-state index in [0.29, 0.717) is 25.7 Å². The number of sulfone groups is 2. The second kappa shape index (κ2) is 9.23. The van der Waals surface area contributed by atoms with Crippen molar-refractivity contribution in [3.63, 3.8) is 0 Å². The van der Waals surface area contributed by atoms with Crippen LogP contribution in [-0.4, -0.2) is 38.2 Å². The molecule has 1 heterocycles. The predicted molar refractivity (Wildman–Crippen MR) is 94.0 cm³/mol. The van der Waals surface area contributed by atoms with Crippen molar-refractivity contribution < 1.29 is 21.8 Å². The molecule has 1 aromatic rings. The number of rotatable bonds is 11. The van der Waals surface area contributed by atoms with Crippen LogP contribution in [0.25, 0.3) is 0 Å². The molecule has 0 aliphatic rings. The first-order valence-corrected chi connectivity index (χ1v) is 11.6. The van der Waals surface area contributed by atoms with Gasteiger partial charge in [0.05, 0.1) is 16.4 Å². The molecule has 0 N–H and O–H groups in total. The number of hydrogen-bond donors (Lipinski definition) is 0. The number of nitrogens with zero attached hydrogens (tertiary/aromatic N) is 2. The van der Waals surface area contributed by atoms with Crippen LogP contribution in [0, 0.1) is 10.1 Å². The van der Waals surface area contributed by atoms with E-state index in [9.17, 15) is 26.9 Å². The van der Waals surface area contributed by atoms with Gasteiger partial charge in [0.2, 0.25) is 0 Å². The van der Waals surface area contributed by atoms with Crippen LogP contribution in [0.5, 0.6) is 0 Å². The summed E-state index contributed by atoms with van der Waals surface area (Å²) in [6.07, 6.45) is 4.47. The highest BCUT2D eigenvalue weighted by Gasteiger charge is 2.35. The van der Waals surface area contributed by atoms with E-state index in [1.165, 1.54) is 0 Å². The standard InChI is InChI=1S/C15H24N2O6S2/c1-3-5-7-11-24(20,21)14-13(17(18)19)9-10-16-15(14)25(22,23)12-8-6-4-2/h9-10H,3-8,11-12H2,1-2H3. The van der Waals surface area contributed by atoms with E-state index in [2.05, 4.69) is 4.98 Å². The van der Waals surface area contributed by atoms with E-state index < -0.39 is 40.2 Å². The SMILES string of the molecule is CCCCCS(=O)(=O)c1nccc([N+](=O)[O-])c1S(=O)(=O)CCCCC. The van der Waals surface area contributed by atoms with Crippen molar-refractivity contribution in [2.24, 2.45) is 0 Å². The van der Waals surface area contributed by atoms with Gasteiger partial charge in [-0.25, -0.2) is 21.8 Å². The van der Waals surface area contributed by atoms with Crippen LogP contribution >= 0.6 is 0 Å². The largest absolute Gasteiger partial charge is 0.292 e. The van der Waals surface area contributed by atoms with Crippen LogP contribution in [0.3, 0.4) is 0 Å². The molecule has 8 nitrogen and oxygen atoms in total. The third-order valence-electron chi connectivity index (χ3n) is 3.69. The average Bonchev–Trinajstić information content (AvgIpc) is 2.54. The van der Waals surface area contributed by atoms with Gasteiger partial charge in [-0.2, -0.15) is 0 Å². The molecule has 0 unspecified atom stereocenters. The van der Waals surface area contributed by atoms with Crippen molar-refractivity contribution in [2.75, 3.05) is 11.5 Å². The first kappa shape index (κ1) is 21.5. The van der Waals surface area contributed by atoms with Gasteiger partial charge < -0.3 is 0 Å². The maximum absolute atomic E-state index is 12.6. The lowest BCUT2D eigenvalue weighted by atomic mass is 10.3. The molecule has 142 valence electrons. The van der Waals surface area contributed by atoms with Crippen molar-refractivity contribution in [3.05, 3.63) is 22.4 Å². The Morgan fingerprint density at radius 3 is 1.96 bits per heavy atom. The molecule has 0 aromatic carbocycles. The zero-order valence-electron chi connectivity index (χ0n) is 14.5. The summed E-state index contributed by atoms with van der Waals surface area (Å²) in [5.41, 5.74) is -0.736. The van der Waals surface area contributed by atoms with Gasteiger partial charge in [-0.3, -0.25) is 10.1 Å². The fourth-order valence-electron chi connectivity index (χ4n) is 2.36. The Hall–Kier alpha value is -1.55. The second-order valence-corrected chi connectivity index (χ2v) is 9.84. The topological polar surface area (TPSA) is 124 Å². The summed E-state index contributed by atoms with van der Waals surface area (Å²) in [7, 11) is -8.16. The van der Waals surface area contributed by atoms with Gasteiger partial charge in [-0.05, 0) is 12.8 Å². The lowest BCUT2D eigenvalue weighted by molar-refractivity contribution is -0.388. The summed E-state index contributed by atoms with van der Waals surface area (Å²) in [4.78, 5) is 13.3. The molecule has 25 heavy (non-hydrogen) atoms. The molecule has 0 bridgehead atoms. The molecule has 0 radical (unpaired) electrons. The Kier molecular flexibility index (Phi) is 7.94. The Balaban J connectivity index is 3.45. The molecular weight excluding hydrogens is 368 g/mol. The van der Waals surface area contributed by atoms with Crippen molar-refractivity contribution in [1.82, 2.24) is 4.98 Å². The minimum atomic E-state index is -4.14. The summed E-state index contributed by atoms with van der Waals surface area (Å²) in [5, 5.41) is 10.6. The van der Waals surface area contributed by atoms with Gasteiger partial charge in [-0.1, -0.05) is 39.5 Å². The van der Waals surface area contributed by atoms with Crippen molar-refractivity contribution >= 4 is 25.4 Å². The maximum Gasteiger partial charge on any atom is 0.292 e. The van der Waals surface area contributed by atoms with E-state index in [1.807, 2.05) is 13.8 Å². The highest BCUT2D eigenvalue weighted by atomic mass is 32.2. The van der Waals surface area contributed by atoms with Crippen molar-refractivity contribution in [2.45, 2.75) is 62.3 Å². The highest BCUT2D eigenvalue weighted by Crippen LogP contribution is 2.31. The molecule has 0 saturated carbocycles. The normalized spacial score (nSPS) is 12.2. The summed E-state index contributed by atoms with van der Waals surface area (Å²) >= 11 is 0. The molecule has 0 aliphatic carbocycles. The van der Waals surface area contributed by atoms with E-state index in [4.69, 9.17) is 0 Å². The van der Waals surface area contributed by atoms with Gasteiger partial charge in [0.1, 0.15) is 0 Å². The number of hydrogen-bond acceptors (Lipinski definition) is 7. The fraction of sp³-hybridized carbons (Fsp3) is 0.667. The van der Waals surface area contributed by atoms with E-state index in [1.54, 1.807) is 0 Å². The molecular formula is C15H24N2O6S2. The number of pyridine rings is 1. The quantitative estimate of drug-likeness (QED) is 0.322. The first-order chi connectivity index (χ1) is 11.7. The maximum atomic E-state index is 12.6. The summed E-state index contributed by atoms with van der Waals surface area (Å²) < 4.78 is 50.3. The van der Waals surface area contributed by atoms with Crippen LogP contribution in [-0.2, 0) is 19.7 Å². The molecule has 0 atom stereocenters. The molecule has 1 rings (SSSR count). The van der Waals surface area contributed by atoms with E-state index in [-0.39, 0.29) is 11.5 Å². The highest BCUT2D eigenvalue weighted by molar-refractivity contribution is 7.94. The predicted octanol–water partition coefficient (Wildman–Crippen LogP) is 2.92. The molecule has 0 amide bonds. The van der Waals surface area contributed by atoms with Gasteiger partial charge >= 0.3 is 0 Å². The van der Waals surface area contributed by atoms with Crippen LogP contribution in [0.2, 0.25) is 0 Å². The molecule has 0 fully saturated rings. The molecule has 10 heteroatoms. The zero-order valence-corrected chi connectivity index (χ0v) is 16.1. The van der Waals surface area contributed by atoms with Gasteiger partial charge in [0.25, 0.3) is 5.69 Å². The third kappa shape index (κ3) is 5.74. The van der Waals surface area contributed by atoms with E-state index >= 15 is 0 Å². The molecule has 1 aromatic heterocycles. The lowest BCUT2D eigenvalue weighted by Gasteiger charge is -2.10. The van der Waals surface area contributed by atoms with Crippen LogP contribution in [0.1, 0.15) is 52.4 Å². The third-order valence-corrected chi connectivity index (χ3v) is 7.39. The van der Waals surface area contributed by atoms with Crippen molar-refractivity contribution in [3.8, 4) is 0 Å². The number of nitro groups is 1. The van der Waals surface area contributed by atoms with Crippen LogP contribution in [0.4, 0.5) is 5.69 Å². The summed E-state index contributed by atoms with van der Waals surface area (Å²) in [6, 6.07) is 0.928. The smallest absolute Gasteiger partial charge is 0.258 e. The fourth-order valence-corrected chi connectivity index (χ4v) is 6.08. The molecule has 0 spiro atoms. The summed E-state index contributed by atoms with van der Waals surface area (Å²) in [5.74, 6) is -0.628. The summed E-state index contributed by atoms with van der Waals surface area (Å²) in [6.45, 7) is 3.80. The van der Waals surface area contributed by atoms with Crippen LogP contribution in [0.15, 0.2) is 22.2 Å². The van der Waals surface area contributed by atoms with Crippen LogP contribution < -0.4 is 0 Å². The van der Waals surface area contributed by atoms with E-state index in [0.717, 1.165) is 25.1 Å². The van der Waals surface area contributed by atoms with Crippen molar-refractivity contribution in [1.29, 1.82) is 0 Å². The minimum absolute atomic E-state index is 0.285. The van der Waals surface area contributed by atoms with Gasteiger partial charge in [0, 0.05) is 12.3 Å². The minimum Gasteiger partial charge on any atom is -0.258 e. The number of unbranched alkanes of at least 4 members (excludes halogenated alkanes) is 4. The van der Waals surface area contributed by atoms with Gasteiger partial charge in [-0.15, -0.1) is 0 Å². The molecule has 0 aliphatic heterocycles. The Morgan fingerprint density at radius 2 is 1.48 bits per heavy atom.